The molecule has 4 aromatic rings. The van der Waals surface area contributed by atoms with Gasteiger partial charge in [0.1, 0.15) is 0 Å². The van der Waals surface area contributed by atoms with Crippen LogP contribution in [0.15, 0.2) is 41.2 Å². The Bertz CT molecular complexity index is 1100. The topological polar surface area (TPSA) is 52.2 Å². The molecule has 0 fully saturated rings. The number of fused-ring (bicyclic) bond motifs is 3. The van der Waals surface area contributed by atoms with Crippen LogP contribution in [-0.4, -0.2) is 19.2 Å². The van der Waals surface area contributed by atoms with Gasteiger partial charge in [-0.25, -0.2) is 0 Å². The van der Waals surface area contributed by atoms with Gasteiger partial charge in [-0.3, -0.25) is 13.8 Å². The van der Waals surface area contributed by atoms with E-state index in [0.29, 0.717) is 23.6 Å². The van der Waals surface area contributed by atoms with Crippen molar-refractivity contribution in [3.05, 3.63) is 51.6 Å². The number of aryl methyl sites for hydroxylation is 1. The minimum Gasteiger partial charge on any atom is -0.276 e. The summed E-state index contributed by atoms with van der Waals surface area (Å²) in [6.45, 7) is 6.88. The Morgan fingerprint density at radius 1 is 1.12 bits per heavy atom. The fourth-order valence-corrected chi connectivity index (χ4v) is 3.84. The summed E-state index contributed by atoms with van der Waals surface area (Å²) in [5.41, 5.74) is 0.844. The first kappa shape index (κ1) is 15.1. The summed E-state index contributed by atoms with van der Waals surface area (Å²) in [6, 6.07) is 11.8. The number of aromatic nitrogens is 4. The molecule has 0 radical (unpaired) electrons. The van der Waals surface area contributed by atoms with Gasteiger partial charge in [-0.15, -0.1) is 21.5 Å². The highest BCUT2D eigenvalue weighted by molar-refractivity contribution is 7.15. The maximum atomic E-state index is 12.9. The molecule has 0 N–H and O–H groups in total. The highest BCUT2D eigenvalue weighted by Gasteiger charge is 2.18. The van der Waals surface area contributed by atoms with E-state index in [9.17, 15) is 4.79 Å². The van der Waals surface area contributed by atoms with Crippen LogP contribution < -0.4 is 5.56 Å². The van der Waals surface area contributed by atoms with E-state index in [1.54, 1.807) is 15.9 Å². The van der Waals surface area contributed by atoms with E-state index in [-0.39, 0.29) is 5.56 Å². The average Bonchev–Trinajstić information content (AvgIpc) is 3.17. The van der Waals surface area contributed by atoms with Crippen LogP contribution in [-0.2, 0) is 6.54 Å². The zero-order chi connectivity index (χ0) is 16.8. The molecule has 0 saturated heterocycles. The van der Waals surface area contributed by atoms with Crippen molar-refractivity contribution in [1.29, 1.82) is 0 Å². The quantitative estimate of drug-likeness (QED) is 0.572. The molecule has 24 heavy (non-hydrogen) atoms. The van der Waals surface area contributed by atoms with Gasteiger partial charge >= 0.3 is 0 Å². The van der Waals surface area contributed by atoms with Gasteiger partial charge in [-0.2, -0.15) is 0 Å². The van der Waals surface area contributed by atoms with Gasteiger partial charge in [-0.05, 0) is 37.1 Å². The van der Waals surface area contributed by atoms with Crippen LogP contribution in [0.25, 0.3) is 27.4 Å². The predicted molar refractivity (Wildman–Crippen MR) is 97.6 cm³/mol. The summed E-state index contributed by atoms with van der Waals surface area (Å²) in [5, 5.41) is 9.45. The minimum atomic E-state index is -0.00638. The maximum absolute atomic E-state index is 12.9. The molecule has 3 heterocycles. The number of hydrogen-bond acceptors (Lipinski definition) is 4. The molecule has 0 unspecified atom stereocenters. The first-order valence-electron chi connectivity index (χ1n) is 7.99. The van der Waals surface area contributed by atoms with Crippen molar-refractivity contribution < 1.29 is 0 Å². The van der Waals surface area contributed by atoms with Crippen molar-refractivity contribution in [2.24, 2.45) is 5.92 Å². The largest absolute Gasteiger partial charge is 0.276 e. The van der Waals surface area contributed by atoms with Gasteiger partial charge in [-0.1, -0.05) is 26.0 Å². The lowest BCUT2D eigenvalue weighted by molar-refractivity contribution is 0.518. The summed E-state index contributed by atoms with van der Waals surface area (Å²) < 4.78 is 3.74. The van der Waals surface area contributed by atoms with Crippen LogP contribution >= 0.6 is 11.3 Å². The summed E-state index contributed by atoms with van der Waals surface area (Å²) >= 11 is 1.68. The van der Waals surface area contributed by atoms with Crippen molar-refractivity contribution in [3.63, 3.8) is 0 Å². The molecule has 0 aliphatic carbocycles. The Labute approximate surface area is 143 Å². The summed E-state index contributed by atoms with van der Waals surface area (Å²) in [4.78, 5) is 15.2. The Balaban J connectivity index is 2.15. The van der Waals surface area contributed by atoms with Crippen LogP contribution in [0.1, 0.15) is 18.7 Å². The SMILES string of the molecule is Cc1ccc(-c2nnc3n(CC(C)C)c(=O)c4ccccc4n23)s1. The second-order valence-electron chi connectivity index (χ2n) is 6.40. The first-order valence-corrected chi connectivity index (χ1v) is 8.81. The second-order valence-corrected chi connectivity index (χ2v) is 7.68. The smallest absolute Gasteiger partial charge is 0.262 e. The third kappa shape index (κ3) is 2.26. The van der Waals surface area contributed by atoms with Crippen molar-refractivity contribution >= 4 is 28.0 Å². The first-order chi connectivity index (χ1) is 11.6. The Morgan fingerprint density at radius 2 is 1.92 bits per heavy atom. The molecule has 0 aliphatic heterocycles. The number of nitrogens with zero attached hydrogens (tertiary/aromatic N) is 4. The van der Waals surface area contributed by atoms with Gasteiger partial charge < -0.3 is 0 Å². The Hall–Kier alpha value is -2.47. The summed E-state index contributed by atoms with van der Waals surface area (Å²) in [6.07, 6.45) is 0. The molecule has 1 aromatic carbocycles. The number of benzene rings is 1. The fourth-order valence-electron chi connectivity index (χ4n) is 3.00. The van der Waals surface area contributed by atoms with E-state index in [0.717, 1.165) is 16.2 Å². The zero-order valence-corrected chi connectivity index (χ0v) is 14.7. The van der Waals surface area contributed by atoms with E-state index in [4.69, 9.17) is 0 Å². The number of rotatable bonds is 3. The number of hydrogen-bond donors (Lipinski definition) is 0. The standard InChI is InChI=1S/C18H18N4OS/c1-11(2)10-21-17(23)13-6-4-5-7-14(13)22-16(19-20-18(21)22)15-9-8-12(3)24-15/h4-9,11H,10H2,1-3H3. The van der Waals surface area contributed by atoms with Crippen molar-refractivity contribution in [3.8, 4) is 10.7 Å². The lowest BCUT2D eigenvalue weighted by Crippen LogP contribution is -2.25. The average molecular weight is 338 g/mol. The van der Waals surface area contributed by atoms with E-state index in [1.807, 2.05) is 28.7 Å². The van der Waals surface area contributed by atoms with Crippen LogP contribution in [0.2, 0.25) is 0 Å². The molecule has 0 amide bonds. The molecule has 0 aliphatic rings. The van der Waals surface area contributed by atoms with Crippen molar-refractivity contribution in [2.45, 2.75) is 27.3 Å². The van der Waals surface area contributed by atoms with E-state index < -0.39 is 0 Å². The van der Waals surface area contributed by atoms with Crippen LogP contribution in [0.4, 0.5) is 0 Å². The number of para-hydroxylation sites is 1. The molecule has 0 saturated carbocycles. The lowest BCUT2D eigenvalue weighted by Gasteiger charge is -2.12. The molecular weight excluding hydrogens is 320 g/mol. The Kier molecular flexibility index (Phi) is 3.49. The summed E-state index contributed by atoms with van der Waals surface area (Å²) in [7, 11) is 0. The lowest BCUT2D eigenvalue weighted by atomic mass is 10.2. The highest BCUT2D eigenvalue weighted by Crippen LogP contribution is 2.28. The maximum Gasteiger partial charge on any atom is 0.262 e. The molecule has 3 aromatic heterocycles. The normalized spacial score (nSPS) is 11.8. The number of thiophene rings is 1. The molecule has 6 heteroatoms. The van der Waals surface area contributed by atoms with E-state index in [2.05, 4.69) is 43.1 Å². The fraction of sp³-hybridized carbons (Fsp3) is 0.278. The van der Waals surface area contributed by atoms with E-state index >= 15 is 0 Å². The molecule has 5 nitrogen and oxygen atoms in total. The van der Waals surface area contributed by atoms with Crippen LogP contribution in [0, 0.1) is 12.8 Å². The van der Waals surface area contributed by atoms with Gasteiger partial charge in [0, 0.05) is 11.4 Å². The highest BCUT2D eigenvalue weighted by atomic mass is 32.1. The third-order valence-corrected chi connectivity index (χ3v) is 5.01. The minimum absolute atomic E-state index is 0.00638. The van der Waals surface area contributed by atoms with Gasteiger partial charge in [0.2, 0.25) is 5.78 Å². The van der Waals surface area contributed by atoms with E-state index in [1.165, 1.54) is 4.88 Å². The zero-order valence-electron chi connectivity index (χ0n) is 13.9. The van der Waals surface area contributed by atoms with Gasteiger partial charge in [0.15, 0.2) is 5.82 Å². The molecular formula is C18H18N4OS. The van der Waals surface area contributed by atoms with Gasteiger partial charge in [0.05, 0.1) is 15.8 Å². The molecule has 0 bridgehead atoms. The molecule has 0 spiro atoms. The Morgan fingerprint density at radius 3 is 2.62 bits per heavy atom. The summed E-state index contributed by atoms with van der Waals surface area (Å²) in [5.74, 6) is 1.74. The predicted octanol–water partition coefficient (Wildman–Crippen LogP) is 3.74. The molecule has 0 atom stereocenters. The monoisotopic (exact) mass is 338 g/mol. The van der Waals surface area contributed by atoms with Crippen LogP contribution in [0.3, 0.4) is 0 Å². The second kappa shape index (κ2) is 5.56. The van der Waals surface area contributed by atoms with Crippen molar-refractivity contribution in [2.75, 3.05) is 0 Å². The molecule has 4 rings (SSSR count). The molecule has 122 valence electrons. The van der Waals surface area contributed by atoms with Crippen LogP contribution in [0.5, 0.6) is 0 Å². The van der Waals surface area contributed by atoms with Gasteiger partial charge in [0.25, 0.3) is 5.56 Å². The van der Waals surface area contributed by atoms with Crippen molar-refractivity contribution in [1.82, 2.24) is 19.2 Å². The third-order valence-electron chi connectivity index (χ3n) is 4.02.